The SMILES string of the molecule is CCCCN(C)S(=O)(=O)c1ccc(C(=O)Nc2nnc(CS(C)(=O)=O)o2)cc1. The maximum atomic E-state index is 12.5. The van der Waals surface area contributed by atoms with Crippen molar-refractivity contribution in [2.75, 3.05) is 25.2 Å². The topological polar surface area (TPSA) is 140 Å². The highest BCUT2D eigenvalue weighted by Gasteiger charge is 2.21. The average Bonchev–Trinajstić information content (AvgIpc) is 3.04. The minimum absolute atomic E-state index is 0.0795. The zero-order valence-corrected chi connectivity index (χ0v) is 17.4. The standard InChI is InChI=1S/C16H22N4O6S2/c1-4-5-10-20(2)28(24,25)13-8-6-12(7-9-13)15(21)17-16-19-18-14(26-16)11-27(3,22)23/h6-9H,4-5,10-11H2,1-3H3,(H,17,19,21). The summed E-state index contributed by atoms with van der Waals surface area (Å²) < 4.78 is 53.7. The van der Waals surface area contributed by atoms with Crippen molar-refractivity contribution < 1.29 is 26.0 Å². The normalized spacial score (nSPS) is 12.3. The fraction of sp³-hybridized carbons (Fsp3) is 0.438. The molecule has 28 heavy (non-hydrogen) atoms. The Hall–Kier alpha value is -2.31. The first-order valence-electron chi connectivity index (χ1n) is 8.41. The third kappa shape index (κ3) is 5.84. The fourth-order valence-corrected chi connectivity index (χ4v) is 3.99. The van der Waals surface area contributed by atoms with Gasteiger partial charge < -0.3 is 4.42 Å². The molecule has 0 saturated heterocycles. The van der Waals surface area contributed by atoms with Crippen molar-refractivity contribution in [1.29, 1.82) is 0 Å². The highest BCUT2D eigenvalue weighted by Crippen LogP contribution is 2.17. The number of carbonyl (C=O) groups is 1. The lowest BCUT2D eigenvalue weighted by molar-refractivity contribution is 0.102. The van der Waals surface area contributed by atoms with Crippen LogP contribution in [0.5, 0.6) is 0 Å². The van der Waals surface area contributed by atoms with Crippen molar-refractivity contribution in [3.8, 4) is 0 Å². The minimum Gasteiger partial charge on any atom is -0.407 e. The molecule has 0 radical (unpaired) electrons. The van der Waals surface area contributed by atoms with Crippen LogP contribution in [0.1, 0.15) is 36.0 Å². The van der Waals surface area contributed by atoms with Gasteiger partial charge in [-0.15, -0.1) is 5.10 Å². The fourth-order valence-electron chi connectivity index (χ4n) is 2.22. The lowest BCUT2D eigenvalue weighted by Crippen LogP contribution is -2.28. The van der Waals surface area contributed by atoms with Crippen LogP contribution in [0.3, 0.4) is 0 Å². The second-order valence-electron chi connectivity index (χ2n) is 6.23. The van der Waals surface area contributed by atoms with Crippen LogP contribution >= 0.6 is 0 Å². The molecule has 0 atom stereocenters. The van der Waals surface area contributed by atoms with Gasteiger partial charge in [-0.1, -0.05) is 18.4 Å². The number of sulfonamides is 1. The van der Waals surface area contributed by atoms with Crippen LogP contribution < -0.4 is 5.32 Å². The first-order chi connectivity index (χ1) is 13.0. The van der Waals surface area contributed by atoms with E-state index in [1.54, 1.807) is 0 Å². The minimum atomic E-state index is -3.62. The molecule has 0 spiro atoms. The van der Waals surface area contributed by atoms with Crippen molar-refractivity contribution in [3.63, 3.8) is 0 Å². The van der Waals surface area contributed by atoms with E-state index in [2.05, 4.69) is 15.5 Å². The zero-order valence-electron chi connectivity index (χ0n) is 15.7. The predicted octanol–water partition coefficient (Wildman–Crippen LogP) is 1.29. The molecule has 0 fully saturated rings. The van der Waals surface area contributed by atoms with Crippen molar-refractivity contribution >= 4 is 31.8 Å². The van der Waals surface area contributed by atoms with Gasteiger partial charge in [0, 0.05) is 25.4 Å². The number of benzene rings is 1. The lowest BCUT2D eigenvalue weighted by Gasteiger charge is -2.16. The molecule has 1 amide bonds. The van der Waals surface area contributed by atoms with Gasteiger partial charge in [-0.05, 0) is 30.7 Å². The summed E-state index contributed by atoms with van der Waals surface area (Å²) in [6, 6.07) is 5.16. The van der Waals surface area contributed by atoms with Crippen LogP contribution in [0.25, 0.3) is 0 Å². The smallest absolute Gasteiger partial charge is 0.322 e. The largest absolute Gasteiger partial charge is 0.407 e. The molecule has 154 valence electrons. The van der Waals surface area contributed by atoms with Crippen LogP contribution in [0.4, 0.5) is 6.01 Å². The Labute approximate surface area is 163 Å². The molecular weight excluding hydrogens is 408 g/mol. The maximum absolute atomic E-state index is 12.5. The van der Waals surface area contributed by atoms with Crippen molar-refractivity contribution in [2.24, 2.45) is 0 Å². The van der Waals surface area contributed by atoms with Crippen molar-refractivity contribution in [1.82, 2.24) is 14.5 Å². The van der Waals surface area contributed by atoms with Gasteiger partial charge in [-0.3, -0.25) is 10.1 Å². The Kier molecular flexibility index (Phi) is 6.91. The van der Waals surface area contributed by atoms with E-state index in [4.69, 9.17) is 4.42 Å². The number of rotatable bonds is 9. The third-order valence-electron chi connectivity index (χ3n) is 3.72. The van der Waals surface area contributed by atoms with E-state index in [1.165, 1.54) is 35.6 Å². The van der Waals surface area contributed by atoms with Crippen molar-refractivity contribution in [3.05, 3.63) is 35.7 Å². The van der Waals surface area contributed by atoms with Gasteiger partial charge in [-0.2, -0.15) is 0 Å². The number of nitrogens with one attached hydrogen (secondary N) is 1. The highest BCUT2D eigenvalue weighted by molar-refractivity contribution is 7.89. The molecule has 10 nitrogen and oxygen atoms in total. The molecule has 2 aromatic rings. The summed E-state index contributed by atoms with van der Waals surface area (Å²) in [6.07, 6.45) is 2.65. The Balaban J connectivity index is 2.08. The first kappa shape index (κ1) is 22.0. The van der Waals surface area contributed by atoms with Crippen LogP contribution in [-0.4, -0.2) is 57.1 Å². The zero-order chi connectivity index (χ0) is 20.9. The van der Waals surface area contributed by atoms with Crippen molar-refractivity contribution in [2.45, 2.75) is 30.4 Å². The van der Waals surface area contributed by atoms with E-state index < -0.39 is 31.5 Å². The average molecular weight is 431 g/mol. The van der Waals surface area contributed by atoms with E-state index in [1.807, 2.05) is 6.92 Å². The summed E-state index contributed by atoms with van der Waals surface area (Å²) in [4.78, 5) is 12.3. The second-order valence-corrected chi connectivity index (χ2v) is 10.4. The molecule has 0 saturated carbocycles. The number of aromatic nitrogens is 2. The monoisotopic (exact) mass is 430 g/mol. The highest BCUT2D eigenvalue weighted by atomic mass is 32.2. The van der Waals surface area contributed by atoms with Gasteiger partial charge in [0.25, 0.3) is 5.91 Å². The van der Waals surface area contributed by atoms with Crippen LogP contribution in [0.15, 0.2) is 33.6 Å². The van der Waals surface area contributed by atoms with Gasteiger partial charge in [0.15, 0.2) is 9.84 Å². The Morgan fingerprint density at radius 3 is 2.36 bits per heavy atom. The van der Waals surface area contributed by atoms with Crippen LogP contribution in [0.2, 0.25) is 0 Å². The van der Waals surface area contributed by atoms with E-state index >= 15 is 0 Å². The predicted molar refractivity (Wildman–Crippen MR) is 102 cm³/mol. The number of hydrogen-bond donors (Lipinski definition) is 1. The lowest BCUT2D eigenvalue weighted by atomic mass is 10.2. The summed E-state index contributed by atoms with van der Waals surface area (Å²) in [5.41, 5.74) is 0.179. The van der Waals surface area contributed by atoms with E-state index in [0.29, 0.717) is 6.54 Å². The summed E-state index contributed by atoms with van der Waals surface area (Å²) >= 11 is 0. The quantitative estimate of drug-likeness (QED) is 0.627. The summed E-state index contributed by atoms with van der Waals surface area (Å²) in [7, 11) is -5.46. The maximum Gasteiger partial charge on any atom is 0.322 e. The molecule has 0 unspecified atom stereocenters. The summed E-state index contributed by atoms with van der Waals surface area (Å²) in [5, 5.41) is 9.44. The molecule has 0 aliphatic carbocycles. The number of amides is 1. The molecule has 0 bridgehead atoms. The molecule has 1 aromatic heterocycles. The first-order valence-corrected chi connectivity index (χ1v) is 11.9. The third-order valence-corrected chi connectivity index (χ3v) is 6.37. The van der Waals surface area contributed by atoms with E-state index in [-0.39, 0.29) is 22.4 Å². The molecule has 2 rings (SSSR count). The number of carbonyl (C=O) groups excluding carboxylic acids is 1. The summed E-state index contributed by atoms with van der Waals surface area (Å²) in [6.45, 7) is 2.38. The van der Waals surface area contributed by atoms with Gasteiger partial charge in [-0.25, -0.2) is 21.1 Å². The number of anilines is 1. The van der Waals surface area contributed by atoms with Crippen LogP contribution in [0, 0.1) is 0 Å². The van der Waals surface area contributed by atoms with E-state index in [0.717, 1.165) is 19.1 Å². The second kappa shape index (κ2) is 8.80. The Morgan fingerprint density at radius 1 is 1.14 bits per heavy atom. The molecule has 1 N–H and O–H groups in total. The van der Waals surface area contributed by atoms with Gasteiger partial charge in [0.05, 0.1) is 4.90 Å². The number of unbranched alkanes of at least 4 members (excludes halogenated alkanes) is 1. The molecule has 1 aromatic carbocycles. The summed E-state index contributed by atoms with van der Waals surface area (Å²) in [5.74, 6) is -1.18. The van der Waals surface area contributed by atoms with Gasteiger partial charge in [0.2, 0.25) is 15.9 Å². The number of sulfone groups is 1. The number of hydrogen-bond acceptors (Lipinski definition) is 8. The van der Waals surface area contributed by atoms with Crippen LogP contribution in [-0.2, 0) is 25.6 Å². The van der Waals surface area contributed by atoms with E-state index in [9.17, 15) is 21.6 Å². The molecular formula is C16H22N4O6S2. The molecule has 0 aliphatic heterocycles. The Morgan fingerprint density at radius 2 is 1.79 bits per heavy atom. The van der Waals surface area contributed by atoms with Gasteiger partial charge in [0.1, 0.15) is 5.75 Å². The number of nitrogens with zero attached hydrogens (tertiary/aromatic N) is 3. The van der Waals surface area contributed by atoms with Gasteiger partial charge >= 0.3 is 6.01 Å². The Bertz CT molecular complexity index is 1030. The molecule has 1 heterocycles. The molecule has 12 heteroatoms. The molecule has 0 aliphatic rings.